The highest BCUT2D eigenvalue weighted by atomic mass is 32.2. The number of hydrogen-bond acceptors (Lipinski definition) is 4. The Labute approximate surface area is 114 Å². The zero-order valence-electron chi connectivity index (χ0n) is 11.4. The van der Waals surface area contributed by atoms with Crippen LogP contribution in [0.2, 0.25) is 0 Å². The van der Waals surface area contributed by atoms with Crippen LogP contribution in [0.3, 0.4) is 0 Å². The largest absolute Gasteiger partial charge is 0.468 e. The van der Waals surface area contributed by atoms with Crippen molar-refractivity contribution in [1.29, 1.82) is 0 Å². The fraction of sp³-hybridized carbons (Fsp3) is 0.714. The average molecular weight is 268 g/mol. The number of nitrogens with one attached hydrogen (secondary N) is 1. The third-order valence-corrected chi connectivity index (χ3v) is 4.54. The average Bonchev–Trinajstić information content (AvgIpc) is 3.00. The summed E-state index contributed by atoms with van der Waals surface area (Å²) in [6.07, 6.45) is 4.37. The van der Waals surface area contributed by atoms with Crippen molar-refractivity contribution in [2.45, 2.75) is 38.9 Å². The third-order valence-electron chi connectivity index (χ3n) is 3.40. The third kappa shape index (κ3) is 4.04. The van der Waals surface area contributed by atoms with Gasteiger partial charge in [0.05, 0.1) is 12.8 Å². The molecule has 1 aromatic rings. The molecule has 1 atom stereocenters. The Hall–Kier alpha value is -0.450. The van der Waals surface area contributed by atoms with Gasteiger partial charge in [-0.1, -0.05) is 6.92 Å². The van der Waals surface area contributed by atoms with E-state index in [0.717, 1.165) is 31.4 Å². The van der Waals surface area contributed by atoms with Gasteiger partial charge in [0.25, 0.3) is 0 Å². The lowest BCUT2D eigenvalue weighted by Gasteiger charge is -2.21. The Kier molecular flexibility index (Phi) is 5.60. The smallest absolute Gasteiger partial charge is 0.118 e. The molecular weight excluding hydrogens is 244 g/mol. The highest BCUT2D eigenvalue weighted by Gasteiger charge is 2.20. The summed E-state index contributed by atoms with van der Waals surface area (Å²) in [6.45, 7) is 5.10. The molecule has 18 heavy (non-hydrogen) atoms. The molecule has 1 N–H and O–H groups in total. The molecule has 0 amide bonds. The molecule has 1 aliphatic heterocycles. The van der Waals surface area contributed by atoms with Gasteiger partial charge >= 0.3 is 0 Å². The maximum atomic E-state index is 5.64. The molecule has 1 saturated heterocycles. The number of hydrogen-bond donors (Lipinski definition) is 1. The SMILES string of the molecule is CCCNCc1coc(CN(C)C2CCSC2)c1. The maximum absolute atomic E-state index is 5.64. The van der Waals surface area contributed by atoms with E-state index < -0.39 is 0 Å². The first kappa shape index (κ1) is 14.0. The van der Waals surface area contributed by atoms with Crippen LogP contribution in [0.25, 0.3) is 0 Å². The minimum Gasteiger partial charge on any atom is -0.468 e. The molecule has 2 heterocycles. The monoisotopic (exact) mass is 268 g/mol. The van der Waals surface area contributed by atoms with Gasteiger partial charge in [-0.15, -0.1) is 0 Å². The van der Waals surface area contributed by atoms with E-state index in [1.165, 1.54) is 29.9 Å². The van der Waals surface area contributed by atoms with Gasteiger partial charge in [0.1, 0.15) is 5.76 Å². The van der Waals surface area contributed by atoms with Crippen LogP contribution in [-0.2, 0) is 13.1 Å². The van der Waals surface area contributed by atoms with E-state index in [1.54, 1.807) is 0 Å². The van der Waals surface area contributed by atoms with Gasteiger partial charge in [0.15, 0.2) is 0 Å². The molecule has 0 spiro atoms. The molecule has 4 heteroatoms. The Bertz CT molecular complexity index is 347. The fourth-order valence-corrected chi connectivity index (χ4v) is 3.55. The molecule has 1 aromatic heterocycles. The molecule has 1 aliphatic rings. The first-order valence-electron chi connectivity index (χ1n) is 6.84. The predicted octanol–water partition coefficient (Wildman–Crippen LogP) is 2.72. The zero-order chi connectivity index (χ0) is 12.8. The second-order valence-corrected chi connectivity index (χ2v) is 6.18. The quantitative estimate of drug-likeness (QED) is 0.770. The second kappa shape index (κ2) is 7.22. The van der Waals surface area contributed by atoms with Crippen molar-refractivity contribution in [1.82, 2.24) is 10.2 Å². The highest BCUT2D eigenvalue weighted by Crippen LogP contribution is 2.23. The van der Waals surface area contributed by atoms with Crippen LogP contribution >= 0.6 is 11.8 Å². The molecular formula is C14H24N2OS. The Morgan fingerprint density at radius 1 is 1.56 bits per heavy atom. The van der Waals surface area contributed by atoms with Crippen molar-refractivity contribution in [2.24, 2.45) is 0 Å². The van der Waals surface area contributed by atoms with E-state index >= 15 is 0 Å². The van der Waals surface area contributed by atoms with Crippen LogP contribution in [-0.4, -0.2) is 36.0 Å². The van der Waals surface area contributed by atoms with E-state index in [4.69, 9.17) is 4.42 Å². The van der Waals surface area contributed by atoms with E-state index in [-0.39, 0.29) is 0 Å². The first-order valence-corrected chi connectivity index (χ1v) is 8.00. The number of nitrogens with zero attached hydrogens (tertiary/aromatic N) is 1. The summed E-state index contributed by atoms with van der Waals surface area (Å²) in [6, 6.07) is 2.91. The highest BCUT2D eigenvalue weighted by molar-refractivity contribution is 7.99. The Balaban J connectivity index is 1.78. The summed E-state index contributed by atoms with van der Waals surface area (Å²) in [5, 5.41) is 3.40. The van der Waals surface area contributed by atoms with Crippen LogP contribution < -0.4 is 5.32 Å². The molecule has 1 fully saturated rings. The summed E-state index contributed by atoms with van der Waals surface area (Å²) in [4.78, 5) is 2.42. The van der Waals surface area contributed by atoms with Gasteiger partial charge in [-0.3, -0.25) is 4.90 Å². The van der Waals surface area contributed by atoms with Gasteiger partial charge in [-0.25, -0.2) is 0 Å². The molecule has 1 unspecified atom stereocenters. The predicted molar refractivity (Wildman–Crippen MR) is 77.9 cm³/mol. The molecule has 0 saturated carbocycles. The summed E-state index contributed by atoms with van der Waals surface area (Å²) < 4.78 is 5.64. The number of thioether (sulfide) groups is 1. The molecule has 3 nitrogen and oxygen atoms in total. The van der Waals surface area contributed by atoms with Crippen molar-refractivity contribution in [3.63, 3.8) is 0 Å². The van der Waals surface area contributed by atoms with Crippen LogP contribution in [0.5, 0.6) is 0 Å². The Morgan fingerprint density at radius 2 is 2.44 bits per heavy atom. The van der Waals surface area contributed by atoms with Gasteiger partial charge < -0.3 is 9.73 Å². The number of furan rings is 1. The van der Waals surface area contributed by atoms with Gasteiger partial charge in [-0.05, 0) is 38.3 Å². The van der Waals surface area contributed by atoms with Crippen molar-refractivity contribution in [3.05, 3.63) is 23.7 Å². The molecule has 0 bridgehead atoms. The first-order chi connectivity index (χ1) is 8.79. The summed E-state index contributed by atoms with van der Waals surface area (Å²) in [5.41, 5.74) is 1.26. The fourth-order valence-electron chi connectivity index (χ4n) is 2.26. The van der Waals surface area contributed by atoms with Gasteiger partial charge in [0.2, 0.25) is 0 Å². The minimum atomic E-state index is 0.724. The molecule has 0 aliphatic carbocycles. The normalized spacial score (nSPS) is 19.8. The Morgan fingerprint density at radius 3 is 3.17 bits per heavy atom. The standard InChI is InChI=1S/C14H24N2OS/c1-3-5-15-8-12-7-14(17-10-12)9-16(2)13-4-6-18-11-13/h7,10,13,15H,3-6,8-9,11H2,1-2H3. The topological polar surface area (TPSA) is 28.4 Å². The van der Waals surface area contributed by atoms with Crippen LogP contribution in [0.4, 0.5) is 0 Å². The van der Waals surface area contributed by atoms with E-state index in [9.17, 15) is 0 Å². The zero-order valence-corrected chi connectivity index (χ0v) is 12.3. The van der Waals surface area contributed by atoms with E-state index in [1.807, 2.05) is 6.26 Å². The summed E-state index contributed by atoms with van der Waals surface area (Å²) in [7, 11) is 2.20. The van der Waals surface area contributed by atoms with Crippen molar-refractivity contribution in [2.75, 3.05) is 25.1 Å². The summed E-state index contributed by atoms with van der Waals surface area (Å²) in [5.74, 6) is 3.66. The molecule has 102 valence electrons. The van der Waals surface area contributed by atoms with Gasteiger partial charge in [0, 0.05) is 23.9 Å². The lowest BCUT2D eigenvalue weighted by atomic mass is 10.2. The van der Waals surface area contributed by atoms with Crippen LogP contribution in [0, 0.1) is 0 Å². The lowest BCUT2D eigenvalue weighted by Crippen LogP contribution is -2.30. The maximum Gasteiger partial charge on any atom is 0.118 e. The van der Waals surface area contributed by atoms with E-state index in [2.05, 4.69) is 42.0 Å². The van der Waals surface area contributed by atoms with Crippen molar-refractivity contribution >= 4 is 11.8 Å². The minimum absolute atomic E-state index is 0.724. The van der Waals surface area contributed by atoms with Crippen molar-refractivity contribution in [3.8, 4) is 0 Å². The van der Waals surface area contributed by atoms with E-state index in [0.29, 0.717) is 0 Å². The van der Waals surface area contributed by atoms with Crippen molar-refractivity contribution < 1.29 is 4.42 Å². The second-order valence-electron chi connectivity index (χ2n) is 5.03. The summed E-state index contributed by atoms with van der Waals surface area (Å²) >= 11 is 2.06. The van der Waals surface area contributed by atoms with Gasteiger partial charge in [-0.2, -0.15) is 11.8 Å². The molecule has 0 radical (unpaired) electrons. The lowest BCUT2D eigenvalue weighted by molar-refractivity contribution is 0.234. The molecule has 2 rings (SSSR count). The number of rotatable bonds is 7. The van der Waals surface area contributed by atoms with Crippen LogP contribution in [0.15, 0.2) is 16.7 Å². The molecule has 0 aromatic carbocycles. The van der Waals surface area contributed by atoms with Crippen LogP contribution in [0.1, 0.15) is 31.1 Å².